The summed E-state index contributed by atoms with van der Waals surface area (Å²) in [5.41, 5.74) is -0.679. The van der Waals surface area contributed by atoms with Crippen molar-refractivity contribution in [2.24, 2.45) is 47.3 Å². The first-order chi connectivity index (χ1) is 20.3. The molecule has 11 nitrogen and oxygen atoms in total. The fourth-order valence-electron chi connectivity index (χ4n) is 9.11. The zero-order chi connectivity index (χ0) is 32.1. The van der Waals surface area contributed by atoms with E-state index in [0.29, 0.717) is 18.3 Å². The fraction of sp³-hybridized carbons (Fsp3) is 0.852. The van der Waals surface area contributed by atoms with Crippen LogP contribution in [0, 0.1) is 47.3 Å². The number of halogens is 5. The lowest BCUT2D eigenvalue weighted by Gasteiger charge is -2.59. The van der Waals surface area contributed by atoms with E-state index in [1.165, 1.54) is 6.42 Å². The number of ether oxygens (including phenoxy) is 4. The molecule has 6 aliphatic carbocycles. The normalized spacial score (nSPS) is 40.9. The first kappa shape index (κ1) is 31.4. The van der Waals surface area contributed by atoms with Crippen LogP contribution in [0.25, 0.3) is 0 Å². The summed E-state index contributed by atoms with van der Waals surface area (Å²) in [5, 5.41) is -5.91. The van der Waals surface area contributed by atoms with Crippen molar-refractivity contribution >= 4 is 34.0 Å². The third kappa shape index (κ3) is 4.96. The molecule has 6 saturated carbocycles. The molecule has 0 radical (unpaired) electrons. The average molecular weight is 659 g/mol. The van der Waals surface area contributed by atoms with E-state index < -0.39 is 106 Å². The minimum atomic E-state index is -6.62. The first-order valence-electron chi connectivity index (χ1n) is 14.5. The Labute approximate surface area is 248 Å². The van der Waals surface area contributed by atoms with E-state index in [2.05, 4.69) is 4.74 Å². The number of fused-ring (bicyclic) bond motifs is 1. The molecule has 246 valence electrons. The topological polar surface area (TPSA) is 160 Å². The van der Waals surface area contributed by atoms with E-state index in [-0.39, 0.29) is 11.8 Å². The third-order valence-electron chi connectivity index (χ3n) is 10.9. The molecule has 6 bridgehead atoms. The first-order valence-corrected chi connectivity index (χ1v) is 16.0. The zero-order valence-electron chi connectivity index (χ0n) is 23.3. The minimum Gasteiger partial charge on any atom is -0.459 e. The summed E-state index contributed by atoms with van der Waals surface area (Å²) in [5.74, 6) is -5.53. The molecular weight excluding hydrogens is 627 g/mol. The second-order valence-corrected chi connectivity index (χ2v) is 14.8. The van der Waals surface area contributed by atoms with Gasteiger partial charge in [-0.3, -0.25) is 23.7 Å². The monoisotopic (exact) mass is 658 g/mol. The molecular formula is C27H31F5O11S. The van der Waals surface area contributed by atoms with Crippen LogP contribution >= 0.6 is 0 Å². The van der Waals surface area contributed by atoms with Crippen LogP contribution in [0.4, 0.5) is 22.0 Å². The van der Waals surface area contributed by atoms with Crippen molar-refractivity contribution in [1.29, 1.82) is 0 Å². The number of rotatable bonds is 9. The maximum absolute atomic E-state index is 13.7. The molecule has 0 spiro atoms. The Bertz CT molecular complexity index is 1340. The van der Waals surface area contributed by atoms with Gasteiger partial charge in [0.05, 0.1) is 24.7 Å². The fourth-order valence-corrected chi connectivity index (χ4v) is 9.56. The number of hydrogen-bond acceptors (Lipinski definition) is 10. The summed E-state index contributed by atoms with van der Waals surface area (Å²) in [6.45, 7) is 1.95. The molecule has 7 unspecified atom stereocenters. The van der Waals surface area contributed by atoms with Crippen molar-refractivity contribution in [2.75, 3.05) is 0 Å². The minimum absolute atomic E-state index is 0.215. The molecule has 7 aliphatic rings. The molecule has 1 aliphatic heterocycles. The molecule has 44 heavy (non-hydrogen) atoms. The van der Waals surface area contributed by atoms with Gasteiger partial charge in [-0.1, -0.05) is 0 Å². The van der Waals surface area contributed by atoms with Crippen molar-refractivity contribution in [1.82, 2.24) is 0 Å². The van der Waals surface area contributed by atoms with Crippen LogP contribution in [0.5, 0.6) is 0 Å². The van der Waals surface area contributed by atoms with Gasteiger partial charge >= 0.3 is 45.4 Å². The number of alkyl halides is 5. The van der Waals surface area contributed by atoms with Crippen LogP contribution in [-0.4, -0.2) is 72.2 Å². The highest BCUT2D eigenvalue weighted by Gasteiger charge is 2.71. The lowest BCUT2D eigenvalue weighted by atomic mass is 9.50. The average Bonchev–Trinajstić information content (AvgIpc) is 3.51. The number of esters is 4. The number of hydrogen-bond donors (Lipinski definition) is 1. The van der Waals surface area contributed by atoms with Gasteiger partial charge in [0.1, 0.15) is 17.8 Å². The van der Waals surface area contributed by atoms with E-state index in [0.717, 1.165) is 25.7 Å². The molecule has 17 heteroatoms. The van der Waals surface area contributed by atoms with Crippen molar-refractivity contribution in [3.8, 4) is 0 Å². The molecule has 1 heterocycles. The zero-order valence-corrected chi connectivity index (χ0v) is 24.2. The van der Waals surface area contributed by atoms with E-state index in [1.807, 2.05) is 6.92 Å². The highest BCUT2D eigenvalue weighted by molar-refractivity contribution is 7.86. The van der Waals surface area contributed by atoms with Crippen LogP contribution in [-0.2, 0) is 48.2 Å². The van der Waals surface area contributed by atoms with E-state index in [4.69, 9.17) is 18.8 Å². The molecule has 0 aromatic rings. The van der Waals surface area contributed by atoms with Gasteiger partial charge in [0.15, 0.2) is 0 Å². The maximum Gasteiger partial charge on any atom is 0.432 e. The van der Waals surface area contributed by atoms with Gasteiger partial charge in [0.25, 0.3) is 6.10 Å². The highest BCUT2D eigenvalue weighted by atomic mass is 32.2. The molecule has 0 amide bonds. The molecule has 7 rings (SSSR count). The Kier molecular flexibility index (Phi) is 7.30. The van der Waals surface area contributed by atoms with E-state index in [9.17, 15) is 49.5 Å². The number of carbonyl (C=O) groups is 4. The summed E-state index contributed by atoms with van der Waals surface area (Å²) >= 11 is 0. The Morgan fingerprint density at radius 2 is 1.52 bits per heavy atom. The summed E-state index contributed by atoms with van der Waals surface area (Å²) in [4.78, 5) is 51.0. The Hall–Kier alpha value is -2.56. The molecule has 7 fully saturated rings. The third-order valence-corrected chi connectivity index (χ3v) is 11.8. The van der Waals surface area contributed by atoms with Crippen molar-refractivity contribution < 1.29 is 73.0 Å². The van der Waals surface area contributed by atoms with Gasteiger partial charge in [0.2, 0.25) is 0 Å². The summed E-state index contributed by atoms with van der Waals surface area (Å²) in [6, 6.07) is 0. The van der Waals surface area contributed by atoms with Crippen LogP contribution in [0.2, 0.25) is 0 Å². The Balaban J connectivity index is 1.09. The molecule has 0 aromatic carbocycles. The van der Waals surface area contributed by atoms with Crippen molar-refractivity contribution in [3.05, 3.63) is 0 Å². The number of carbonyl (C=O) groups excluding carboxylic acids is 4. The lowest BCUT2D eigenvalue weighted by Crippen LogP contribution is -2.59. The molecule has 1 N–H and O–H groups in total. The van der Waals surface area contributed by atoms with Crippen LogP contribution in [0.15, 0.2) is 0 Å². The SMILES string of the molecule is CC1(OC(=O)C2C3CC4C(OC(=O)C42)C3OC(=O)CCC(=O)OC(C(F)(F)F)C(F)(F)S(=O)(=O)O)C2CC3CC(C2)CC1C3. The largest absolute Gasteiger partial charge is 0.459 e. The second-order valence-electron chi connectivity index (χ2n) is 13.3. The summed E-state index contributed by atoms with van der Waals surface area (Å²) in [6.07, 6.45) is -9.37. The van der Waals surface area contributed by atoms with E-state index >= 15 is 0 Å². The van der Waals surface area contributed by atoms with Gasteiger partial charge in [-0.05, 0) is 69.1 Å². The van der Waals surface area contributed by atoms with Crippen molar-refractivity contribution in [2.45, 2.75) is 93.6 Å². The maximum atomic E-state index is 13.7. The van der Waals surface area contributed by atoms with Gasteiger partial charge in [-0.2, -0.15) is 30.4 Å². The van der Waals surface area contributed by atoms with Gasteiger partial charge in [-0.15, -0.1) is 0 Å². The van der Waals surface area contributed by atoms with Crippen LogP contribution < -0.4 is 0 Å². The second kappa shape index (κ2) is 10.2. The highest BCUT2D eigenvalue weighted by Crippen LogP contribution is 2.62. The molecule has 7 atom stereocenters. The summed E-state index contributed by atoms with van der Waals surface area (Å²) in [7, 11) is -6.62. The van der Waals surface area contributed by atoms with Crippen LogP contribution in [0.1, 0.15) is 58.3 Å². The standard InChI is InChI=1S/C27H31F5O11S/c1-25(12-5-10-4-11(7-12)8-13(25)6-10)43-23(36)19-15-9-14-18(19)22(35)42-21(14)20(15)40-16(33)2-3-17(34)41-24(26(28,29)30)27(31,32)44(37,38)39/h10-15,18-21,24H,2-9H2,1H3,(H,37,38,39). The quantitative estimate of drug-likeness (QED) is 0.168. The van der Waals surface area contributed by atoms with Gasteiger partial charge in [0, 0.05) is 11.8 Å². The lowest BCUT2D eigenvalue weighted by molar-refractivity contribution is -0.259. The molecule has 1 saturated heterocycles. The van der Waals surface area contributed by atoms with E-state index in [1.54, 1.807) is 0 Å². The predicted molar refractivity (Wildman–Crippen MR) is 132 cm³/mol. The van der Waals surface area contributed by atoms with Gasteiger partial charge in [-0.25, -0.2) is 0 Å². The Morgan fingerprint density at radius 3 is 2.07 bits per heavy atom. The van der Waals surface area contributed by atoms with Crippen molar-refractivity contribution in [3.63, 3.8) is 0 Å². The van der Waals surface area contributed by atoms with Gasteiger partial charge < -0.3 is 18.9 Å². The van der Waals surface area contributed by atoms with Crippen LogP contribution in [0.3, 0.4) is 0 Å². The predicted octanol–water partition coefficient (Wildman–Crippen LogP) is 3.20. The Morgan fingerprint density at radius 1 is 0.955 bits per heavy atom. The summed E-state index contributed by atoms with van der Waals surface area (Å²) < 4.78 is 117. The molecule has 0 aromatic heterocycles. The smallest absolute Gasteiger partial charge is 0.432 e.